The van der Waals surface area contributed by atoms with Crippen LogP contribution < -0.4 is 9.47 Å². The monoisotopic (exact) mass is 537 g/mol. The van der Waals surface area contributed by atoms with Gasteiger partial charge in [0.25, 0.3) is 0 Å². The average molecular weight is 538 g/mol. The minimum atomic E-state index is 0.132. The van der Waals surface area contributed by atoms with E-state index in [4.69, 9.17) is 9.47 Å². The van der Waals surface area contributed by atoms with Crippen molar-refractivity contribution in [2.45, 2.75) is 90.9 Å². The highest BCUT2D eigenvalue weighted by molar-refractivity contribution is 7.18. The predicted molar refractivity (Wildman–Crippen MR) is 158 cm³/mol. The summed E-state index contributed by atoms with van der Waals surface area (Å²) in [7, 11) is 0. The lowest BCUT2D eigenvalue weighted by Gasteiger charge is -2.07. The number of nitrogens with zero attached hydrogens (tertiary/aromatic N) is 3. The first kappa shape index (κ1) is 29.6. The van der Waals surface area contributed by atoms with Gasteiger partial charge in [0.1, 0.15) is 22.3 Å². The van der Waals surface area contributed by atoms with Crippen LogP contribution in [0.4, 0.5) is 5.13 Å². The van der Waals surface area contributed by atoms with E-state index in [0.29, 0.717) is 23.1 Å². The minimum absolute atomic E-state index is 0.132. The molecule has 206 valence electrons. The molecule has 0 aliphatic rings. The lowest BCUT2D eigenvalue weighted by Crippen LogP contribution is -1.97. The molecule has 38 heavy (non-hydrogen) atoms. The molecule has 0 radical (unpaired) electrons. The molecule has 0 spiro atoms. The van der Waals surface area contributed by atoms with Crippen molar-refractivity contribution in [2.75, 3.05) is 13.2 Å². The highest BCUT2D eigenvalue weighted by Gasteiger charge is 2.07. The van der Waals surface area contributed by atoms with E-state index >= 15 is 0 Å². The first-order valence-corrected chi connectivity index (χ1v) is 15.1. The molecule has 0 saturated heterocycles. The molecule has 0 aliphatic carbocycles. The summed E-state index contributed by atoms with van der Waals surface area (Å²) in [4.78, 5) is 4.41. The Balaban J connectivity index is 1.41. The summed E-state index contributed by atoms with van der Waals surface area (Å²) in [6.45, 7) is 5.86. The first-order valence-electron chi connectivity index (χ1n) is 14.3. The van der Waals surface area contributed by atoms with Crippen molar-refractivity contribution >= 4 is 22.7 Å². The predicted octanol–water partition coefficient (Wildman–Crippen LogP) is 9.14. The van der Waals surface area contributed by atoms with Crippen LogP contribution in [0.25, 0.3) is 10.6 Å². The second-order valence-corrected chi connectivity index (χ2v) is 10.6. The van der Waals surface area contributed by atoms with E-state index in [9.17, 15) is 5.11 Å². The molecular weight excluding hydrogens is 494 g/mol. The largest absolute Gasteiger partial charge is 0.507 e. The molecule has 0 fully saturated rings. The Morgan fingerprint density at radius 2 is 1.32 bits per heavy atom. The van der Waals surface area contributed by atoms with Crippen molar-refractivity contribution in [1.82, 2.24) is 10.2 Å². The van der Waals surface area contributed by atoms with Crippen LogP contribution in [0.2, 0.25) is 0 Å². The first-order chi connectivity index (χ1) is 18.7. The van der Waals surface area contributed by atoms with Crippen molar-refractivity contribution in [1.29, 1.82) is 0 Å². The second-order valence-electron chi connectivity index (χ2n) is 9.63. The Morgan fingerprint density at radius 1 is 0.737 bits per heavy atom. The maximum Gasteiger partial charge on any atom is 0.231 e. The molecule has 3 rings (SSSR count). The molecule has 2 aromatic carbocycles. The summed E-state index contributed by atoms with van der Waals surface area (Å²) in [6, 6.07) is 13.3. The number of phenols is 1. The maximum atomic E-state index is 10.3. The summed E-state index contributed by atoms with van der Waals surface area (Å²) in [5, 5.41) is 20.1. The molecule has 6 nitrogen and oxygen atoms in total. The van der Waals surface area contributed by atoms with Gasteiger partial charge in [0.05, 0.1) is 13.2 Å². The van der Waals surface area contributed by atoms with Crippen LogP contribution in [0.3, 0.4) is 0 Å². The molecule has 0 amide bonds. The minimum Gasteiger partial charge on any atom is -0.507 e. The fourth-order valence-corrected chi connectivity index (χ4v) is 4.77. The van der Waals surface area contributed by atoms with Gasteiger partial charge in [-0.2, -0.15) is 0 Å². The number of unbranched alkanes of at least 4 members (excludes halogenated alkanes) is 10. The summed E-state index contributed by atoms with van der Waals surface area (Å²) in [5.74, 6) is 1.68. The molecular formula is C31H43N3O3S. The van der Waals surface area contributed by atoms with Crippen molar-refractivity contribution in [2.24, 2.45) is 4.99 Å². The number of hydrogen-bond donors (Lipinski definition) is 1. The zero-order valence-corrected chi connectivity index (χ0v) is 23.8. The van der Waals surface area contributed by atoms with Gasteiger partial charge in [-0.05, 0) is 49.2 Å². The quantitative estimate of drug-likeness (QED) is 0.122. The second kappa shape index (κ2) is 17.6. The Labute approximate surface area is 232 Å². The van der Waals surface area contributed by atoms with Crippen molar-refractivity contribution in [3.05, 3.63) is 48.0 Å². The number of ether oxygens (including phenoxy) is 2. The number of phenolic OH excluding ortho intramolecular Hbond substituents is 1. The van der Waals surface area contributed by atoms with Gasteiger partial charge in [-0.1, -0.05) is 89.4 Å². The van der Waals surface area contributed by atoms with Gasteiger partial charge in [0, 0.05) is 23.4 Å². The number of benzene rings is 2. The number of aromatic hydroxyl groups is 1. The topological polar surface area (TPSA) is 76.8 Å². The summed E-state index contributed by atoms with van der Waals surface area (Å²) in [6.07, 6.45) is 16.6. The van der Waals surface area contributed by atoms with Gasteiger partial charge in [-0.3, -0.25) is 0 Å². The molecule has 0 saturated carbocycles. The number of aliphatic imine (C=N–C) groups is 1. The third-order valence-corrected chi connectivity index (χ3v) is 7.25. The van der Waals surface area contributed by atoms with Gasteiger partial charge in [-0.15, -0.1) is 10.2 Å². The van der Waals surface area contributed by atoms with Crippen LogP contribution in [0.15, 0.2) is 47.5 Å². The van der Waals surface area contributed by atoms with E-state index in [1.54, 1.807) is 18.3 Å². The number of aromatic nitrogens is 2. The molecule has 0 unspecified atom stereocenters. The van der Waals surface area contributed by atoms with Crippen LogP contribution in [-0.2, 0) is 0 Å². The van der Waals surface area contributed by atoms with E-state index in [0.717, 1.165) is 42.2 Å². The lowest BCUT2D eigenvalue weighted by molar-refractivity contribution is 0.303. The van der Waals surface area contributed by atoms with E-state index < -0.39 is 0 Å². The zero-order chi connectivity index (χ0) is 26.8. The van der Waals surface area contributed by atoms with Gasteiger partial charge in [0.15, 0.2) is 0 Å². The molecule has 1 heterocycles. The molecule has 0 atom stereocenters. The van der Waals surface area contributed by atoms with Gasteiger partial charge in [0.2, 0.25) is 5.13 Å². The highest BCUT2D eigenvalue weighted by Crippen LogP contribution is 2.30. The number of hydrogen-bond acceptors (Lipinski definition) is 7. The Bertz CT molecular complexity index is 1080. The SMILES string of the molecule is CCCCCCCCCCOc1ccc(-c2nnc(/N=C/c3ccc(OCCCCCC)cc3O)s2)cc1. The average Bonchev–Trinajstić information content (AvgIpc) is 3.41. The van der Waals surface area contributed by atoms with Crippen molar-refractivity contribution < 1.29 is 14.6 Å². The lowest BCUT2D eigenvalue weighted by atomic mass is 10.1. The van der Waals surface area contributed by atoms with Gasteiger partial charge in [-0.25, -0.2) is 4.99 Å². The Morgan fingerprint density at radius 3 is 1.97 bits per heavy atom. The smallest absolute Gasteiger partial charge is 0.231 e. The molecule has 7 heteroatoms. The van der Waals surface area contributed by atoms with Crippen LogP contribution >= 0.6 is 11.3 Å². The van der Waals surface area contributed by atoms with Crippen molar-refractivity contribution in [3.8, 4) is 27.8 Å². The zero-order valence-electron chi connectivity index (χ0n) is 23.0. The summed E-state index contributed by atoms with van der Waals surface area (Å²) in [5.41, 5.74) is 1.59. The fraction of sp³-hybridized carbons (Fsp3) is 0.516. The van der Waals surface area contributed by atoms with E-state index in [2.05, 4.69) is 29.0 Å². The van der Waals surface area contributed by atoms with Crippen LogP contribution in [-0.4, -0.2) is 34.7 Å². The van der Waals surface area contributed by atoms with Crippen LogP contribution in [0.1, 0.15) is 96.5 Å². The summed E-state index contributed by atoms with van der Waals surface area (Å²) < 4.78 is 11.6. The Hall–Kier alpha value is -2.93. The summed E-state index contributed by atoms with van der Waals surface area (Å²) >= 11 is 1.40. The highest BCUT2D eigenvalue weighted by atomic mass is 32.1. The standard InChI is InChI=1S/C31H43N3O3S/c1-3-5-7-9-10-11-12-14-21-36-27-18-15-25(16-19-27)30-33-34-31(38-30)32-24-26-17-20-28(23-29(26)35)37-22-13-8-6-4-2/h15-20,23-24,35H,3-14,21-22H2,1-2H3/b32-24+. The van der Waals surface area contributed by atoms with Crippen molar-refractivity contribution in [3.63, 3.8) is 0 Å². The van der Waals surface area contributed by atoms with Crippen LogP contribution in [0.5, 0.6) is 17.2 Å². The molecule has 1 aromatic heterocycles. The van der Waals surface area contributed by atoms with Crippen LogP contribution in [0, 0.1) is 0 Å². The fourth-order valence-electron chi connectivity index (χ4n) is 4.07. The maximum absolute atomic E-state index is 10.3. The Kier molecular flexibility index (Phi) is 13.7. The van der Waals surface area contributed by atoms with E-state index in [-0.39, 0.29) is 5.75 Å². The molecule has 0 bridgehead atoms. The number of rotatable bonds is 19. The third kappa shape index (κ3) is 10.8. The molecule has 1 N–H and O–H groups in total. The van der Waals surface area contributed by atoms with E-state index in [1.165, 1.54) is 69.1 Å². The normalized spacial score (nSPS) is 11.3. The molecule has 3 aromatic rings. The van der Waals surface area contributed by atoms with Gasteiger partial charge < -0.3 is 14.6 Å². The third-order valence-electron chi connectivity index (χ3n) is 6.36. The van der Waals surface area contributed by atoms with Gasteiger partial charge >= 0.3 is 0 Å². The molecule has 0 aliphatic heterocycles. The van der Waals surface area contributed by atoms with E-state index in [1.807, 2.05) is 30.3 Å².